The van der Waals surface area contributed by atoms with Gasteiger partial charge in [0.05, 0.1) is 18.9 Å². The standard InChI is InChI=1S/C17H22BrN3O3.ClH/c18-13-3-1-2-4-14(13)20-16(22)12-5-8-21(9-6-12)17(23)15-11-24-10-7-19-15;/h1-4,12,15,19H,5-11H2,(H,20,22);1H. The summed E-state index contributed by atoms with van der Waals surface area (Å²) in [6, 6.07) is 7.32. The second-order valence-corrected chi connectivity index (χ2v) is 7.00. The predicted molar refractivity (Wildman–Crippen MR) is 102 cm³/mol. The van der Waals surface area contributed by atoms with E-state index in [0.29, 0.717) is 45.7 Å². The molecule has 2 amide bonds. The summed E-state index contributed by atoms with van der Waals surface area (Å²) in [4.78, 5) is 26.7. The summed E-state index contributed by atoms with van der Waals surface area (Å²) in [5.41, 5.74) is 0.782. The average Bonchev–Trinajstić information content (AvgIpc) is 2.64. The summed E-state index contributed by atoms with van der Waals surface area (Å²) in [6.07, 6.45) is 1.38. The van der Waals surface area contributed by atoms with Crippen molar-refractivity contribution in [2.75, 3.05) is 38.2 Å². The third kappa shape index (κ3) is 5.17. The van der Waals surface area contributed by atoms with Crippen LogP contribution in [0.25, 0.3) is 0 Å². The fraction of sp³-hybridized carbons (Fsp3) is 0.529. The van der Waals surface area contributed by atoms with Crippen LogP contribution in [0.1, 0.15) is 12.8 Å². The van der Waals surface area contributed by atoms with Crippen LogP contribution in [-0.4, -0.2) is 55.6 Å². The summed E-state index contributed by atoms with van der Waals surface area (Å²) in [5.74, 6) is 0.0456. The number of carbonyl (C=O) groups is 2. The maximum absolute atomic E-state index is 12.4. The number of piperidine rings is 1. The fourth-order valence-corrected chi connectivity index (χ4v) is 3.49. The maximum atomic E-state index is 12.4. The molecule has 1 aromatic carbocycles. The van der Waals surface area contributed by atoms with Crippen LogP contribution in [0.15, 0.2) is 28.7 Å². The number of ether oxygens (including phenoxy) is 1. The molecule has 6 nitrogen and oxygen atoms in total. The Morgan fingerprint density at radius 1 is 1.24 bits per heavy atom. The smallest absolute Gasteiger partial charge is 0.242 e. The molecule has 0 saturated carbocycles. The molecule has 2 aliphatic heterocycles. The lowest BCUT2D eigenvalue weighted by molar-refractivity contribution is -0.139. The van der Waals surface area contributed by atoms with Crippen LogP contribution in [0.4, 0.5) is 5.69 Å². The molecule has 8 heteroatoms. The molecule has 2 heterocycles. The number of nitrogens with one attached hydrogen (secondary N) is 2. The van der Waals surface area contributed by atoms with Crippen molar-refractivity contribution in [2.24, 2.45) is 5.92 Å². The number of hydrogen-bond acceptors (Lipinski definition) is 4. The first kappa shape index (κ1) is 20.2. The number of nitrogens with zero attached hydrogens (tertiary/aromatic N) is 1. The van der Waals surface area contributed by atoms with Crippen molar-refractivity contribution in [1.29, 1.82) is 0 Å². The highest BCUT2D eigenvalue weighted by atomic mass is 79.9. The zero-order valence-electron chi connectivity index (χ0n) is 13.9. The highest BCUT2D eigenvalue weighted by molar-refractivity contribution is 9.10. The van der Waals surface area contributed by atoms with E-state index in [2.05, 4.69) is 26.6 Å². The lowest BCUT2D eigenvalue weighted by atomic mass is 9.95. The average molecular weight is 433 g/mol. The van der Waals surface area contributed by atoms with E-state index in [1.807, 2.05) is 29.2 Å². The molecule has 2 aliphatic rings. The van der Waals surface area contributed by atoms with Crippen molar-refractivity contribution in [1.82, 2.24) is 10.2 Å². The van der Waals surface area contributed by atoms with Gasteiger partial charge in [-0.2, -0.15) is 0 Å². The van der Waals surface area contributed by atoms with E-state index >= 15 is 0 Å². The number of rotatable bonds is 3. The van der Waals surface area contributed by atoms with E-state index in [0.717, 1.165) is 10.2 Å². The van der Waals surface area contributed by atoms with E-state index < -0.39 is 0 Å². The molecule has 0 radical (unpaired) electrons. The Balaban J connectivity index is 0.00000225. The first-order chi connectivity index (χ1) is 11.6. The molecule has 0 spiro atoms. The fourth-order valence-electron chi connectivity index (χ4n) is 3.10. The number of morpholine rings is 1. The molecule has 1 atom stereocenters. The van der Waals surface area contributed by atoms with Gasteiger partial charge < -0.3 is 20.3 Å². The van der Waals surface area contributed by atoms with E-state index in [9.17, 15) is 9.59 Å². The molecule has 0 aliphatic carbocycles. The van der Waals surface area contributed by atoms with Crippen molar-refractivity contribution in [3.05, 3.63) is 28.7 Å². The second-order valence-electron chi connectivity index (χ2n) is 6.15. The molecular formula is C17H23BrClN3O3. The minimum atomic E-state index is -0.246. The number of amides is 2. The third-order valence-corrected chi connectivity index (χ3v) is 5.22. The number of hydrogen-bond donors (Lipinski definition) is 2. The maximum Gasteiger partial charge on any atom is 0.242 e. The topological polar surface area (TPSA) is 70.7 Å². The van der Waals surface area contributed by atoms with Gasteiger partial charge in [-0.15, -0.1) is 12.4 Å². The van der Waals surface area contributed by atoms with Gasteiger partial charge in [-0.05, 0) is 40.9 Å². The van der Waals surface area contributed by atoms with Crippen molar-refractivity contribution in [3.63, 3.8) is 0 Å². The highest BCUT2D eigenvalue weighted by Crippen LogP contribution is 2.24. The van der Waals surface area contributed by atoms with Gasteiger partial charge in [0.15, 0.2) is 0 Å². The molecule has 0 bridgehead atoms. The summed E-state index contributed by atoms with van der Waals surface area (Å²) in [7, 11) is 0. The Morgan fingerprint density at radius 2 is 1.96 bits per heavy atom. The van der Waals surface area contributed by atoms with Crippen LogP contribution in [0.5, 0.6) is 0 Å². The van der Waals surface area contributed by atoms with Crippen molar-refractivity contribution in [3.8, 4) is 0 Å². The van der Waals surface area contributed by atoms with E-state index in [1.165, 1.54) is 0 Å². The van der Waals surface area contributed by atoms with Gasteiger partial charge in [-0.3, -0.25) is 9.59 Å². The second kappa shape index (κ2) is 9.52. The van der Waals surface area contributed by atoms with Crippen molar-refractivity contribution >= 4 is 45.8 Å². The van der Waals surface area contributed by atoms with E-state index in [-0.39, 0.29) is 36.2 Å². The lowest BCUT2D eigenvalue weighted by Crippen LogP contribution is -2.54. The molecule has 1 unspecified atom stereocenters. The summed E-state index contributed by atoms with van der Waals surface area (Å²) in [6.45, 7) is 3.03. The number of carbonyl (C=O) groups excluding carboxylic acids is 2. The van der Waals surface area contributed by atoms with Crippen LogP contribution < -0.4 is 10.6 Å². The quantitative estimate of drug-likeness (QED) is 0.767. The number of para-hydroxylation sites is 1. The Hall–Kier alpha value is -1.15. The van der Waals surface area contributed by atoms with Gasteiger partial charge in [-0.1, -0.05) is 12.1 Å². The number of benzene rings is 1. The third-order valence-electron chi connectivity index (χ3n) is 4.53. The summed E-state index contributed by atoms with van der Waals surface area (Å²) in [5, 5.41) is 6.15. The monoisotopic (exact) mass is 431 g/mol. The molecule has 2 fully saturated rings. The zero-order valence-corrected chi connectivity index (χ0v) is 16.3. The van der Waals surface area contributed by atoms with Gasteiger partial charge in [0, 0.05) is 30.0 Å². The minimum absolute atomic E-state index is 0. The van der Waals surface area contributed by atoms with Gasteiger partial charge in [0.2, 0.25) is 11.8 Å². The molecule has 2 saturated heterocycles. The molecule has 25 heavy (non-hydrogen) atoms. The number of halogens is 2. The largest absolute Gasteiger partial charge is 0.378 e. The van der Waals surface area contributed by atoms with Gasteiger partial charge in [0.1, 0.15) is 6.04 Å². The molecular weight excluding hydrogens is 410 g/mol. The van der Waals surface area contributed by atoms with Crippen LogP contribution in [0, 0.1) is 5.92 Å². The lowest BCUT2D eigenvalue weighted by Gasteiger charge is -2.35. The molecule has 1 aromatic rings. The number of anilines is 1. The minimum Gasteiger partial charge on any atom is -0.378 e. The SMILES string of the molecule is Cl.O=C(Nc1ccccc1Br)C1CCN(C(=O)C2COCCN2)CC1. The van der Waals surface area contributed by atoms with Crippen LogP contribution >= 0.6 is 28.3 Å². The van der Waals surface area contributed by atoms with E-state index in [1.54, 1.807) is 0 Å². The Bertz CT molecular complexity index is 603. The Morgan fingerprint density at radius 3 is 2.60 bits per heavy atom. The van der Waals surface area contributed by atoms with Gasteiger partial charge >= 0.3 is 0 Å². The van der Waals surface area contributed by atoms with Gasteiger partial charge in [0.25, 0.3) is 0 Å². The van der Waals surface area contributed by atoms with Crippen LogP contribution in [-0.2, 0) is 14.3 Å². The summed E-state index contributed by atoms with van der Waals surface area (Å²) < 4.78 is 6.22. The predicted octanol–water partition coefficient (Wildman–Crippen LogP) is 2.04. The first-order valence-electron chi connectivity index (χ1n) is 8.30. The Kier molecular flexibility index (Phi) is 7.68. The Labute approximate surface area is 162 Å². The normalized spacial score (nSPS) is 21.3. The number of likely N-dealkylation sites (tertiary alicyclic amines) is 1. The zero-order chi connectivity index (χ0) is 16.9. The molecule has 138 valence electrons. The van der Waals surface area contributed by atoms with E-state index in [4.69, 9.17) is 4.74 Å². The van der Waals surface area contributed by atoms with Crippen molar-refractivity contribution < 1.29 is 14.3 Å². The van der Waals surface area contributed by atoms with Gasteiger partial charge in [-0.25, -0.2) is 0 Å². The molecule has 2 N–H and O–H groups in total. The summed E-state index contributed by atoms with van der Waals surface area (Å²) >= 11 is 3.44. The van der Waals surface area contributed by atoms with Crippen LogP contribution in [0.3, 0.4) is 0 Å². The van der Waals surface area contributed by atoms with Crippen molar-refractivity contribution in [2.45, 2.75) is 18.9 Å². The highest BCUT2D eigenvalue weighted by Gasteiger charge is 2.31. The molecule has 3 rings (SSSR count). The van der Waals surface area contributed by atoms with Crippen LogP contribution in [0.2, 0.25) is 0 Å². The molecule has 0 aromatic heterocycles. The first-order valence-corrected chi connectivity index (χ1v) is 9.10.